The Labute approximate surface area is 129 Å². The van der Waals surface area contributed by atoms with Crippen LogP contribution in [-0.2, 0) is 19.4 Å². The minimum Gasteiger partial charge on any atom is -0.326 e. The Morgan fingerprint density at radius 3 is 2.71 bits per heavy atom. The first kappa shape index (κ1) is 14.2. The molecule has 0 saturated heterocycles. The van der Waals surface area contributed by atoms with E-state index in [4.69, 9.17) is 10.7 Å². The first-order valence-electron chi connectivity index (χ1n) is 7.46. The van der Waals surface area contributed by atoms with Crippen molar-refractivity contribution in [1.29, 1.82) is 0 Å². The van der Waals surface area contributed by atoms with Crippen LogP contribution in [0.15, 0.2) is 42.5 Å². The van der Waals surface area contributed by atoms with Gasteiger partial charge in [-0.05, 0) is 22.8 Å². The topological polar surface area (TPSA) is 38.9 Å². The van der Waals surface area contributed by atoms with Gasteiger partial charge in [0.15, 0.2) is 0 Å². The van der Waals surface area contributed by atoms with E-state index in [1.807, 2.05) is 0 Å². The molecular formula is C18H20N2S. The molecule has 2 aromatic carbocycles. The predicted molar refractivity (Wildman–Crippen MR) is 90.8 cm³/mol. The van der Waals surface area contributed by atoms with Gasteiger partial charge in [0.05, 0.1) is 10.7 Å². The van der Waals surface area contributed by atoms with Gasteiger partial charge in [-0.2, -0.15) is 0 Å². The largest absolute Gasteiger partial charge is 0.326 e. The molecule has 3 heteroatoms. The van der Waals surface area contributed by atoms with Gasteiger partial charge in [0.1, 0.15) is 0 Å². The fourth-order valence-electron chi connectivity index (χ4n) is 2.71. The highest BCUT2D eigenvalue weighted by Crippen LogP contribution is 2.25. The Kier molecular flexibility index (Phi) is 4.32. The van der Waals surface area contributed by atoms with Crippen molar-refractivity contribution in [2.45, 2.75) is 32.7 Å². The lowest BCUT2D eigenvalue weighted by molar-refractivity contribution is 0.863. The first-order valence-corrected chi connectivity index (χ1v) is 8.27. The number of rotatable bonds is 5. The molecule has 0 atom stereocenters. The summed E-state index contributed by atoms with van der Waals surface area (Å²) in [5, 5.41) is 3.79. The molecule has 1 heterocycles. The number of thiazole rings is 1. The highest BCUT2D eigenvalue weighted by atomic mass is 32.1. The van der Waals surface area contributed by atoms with Crippen molar-refractivity contribution in [3.8, 4) is 0 Å². The maximum absolute atomic E-state index is 5.85. The molecule has 0 aliphatic heterocycles. The third-order valence-electron chi connectivity index (χ3n) is 3.72. The van der Waals surface area contributed by atoms with Gasteiger partial charge in [0.2, 0.25) is 0 Å². The van der Waals surface area contributed by atoms with Gasteiger partial charge >= 0.3 is 0 Å². The van der Waals surface area contributed by atoms with Crippen molar-refractivity contribution in [1.82, 2.24) is 4.98 Å². The minimum atomic E-state index is 0.600. The standard InChI is InChI=1S/C18H20N2S/c1-2-6-16-17(12-19)21-18(20-16)11-14-9-5-8-13-7-3-4-10-15(13)14/h3-5,7-10H,2,6,11-12,19H2,1H3. The number of benzene rings is 2. The summed E-state index contributed by atoms with van der Waals surface area (Å²) in [6.45, 7) is 2.78. The smallest absolute Gasteiger partial charge is 0.0975 e. The SMILES string of the molecule is CCCc1nc(Cc2cccc3ccccc23)sc1CN. The minimum absolute atomic E-state index is 0.600. The van der Waals surface area contributed by atoms with Crippen LogP contribution >= 0.6 is 11.3 Å². The van der Waals surface area contributed by atoms with Crippen molar-refractivity contribution in [2.24, 2.45) is 5.73 Å². The number of fused-ring (bicyclic) bond motifs is 1. The summed E-state index contributed by atoms with van der Waals surface area (Å²) in [5.74, 6) is 0. The van der Waals surface area contributed by atoms with Crippen molar-refractivity contribution < 1.29 is 0 Å². The maximum atomic E-state index is 5.85. The zero-order chi connectivity index (χ0) is 14.7. The second kappa shape index (κ2) is 6.37. The fraction of sp³-hybridized carbons (Fsp3) is 0.278. The quantitative estimate of drug-likeness (QED) is 0.762. The van der Waals surface area contributed by atoms with Gasteiger partial charge in [0, 0.05) is 17.8 Å². The van der Waals surface area contributed by atoms with Crippen LogP contribution in [0.5, 0.6) is 0 Å². The molecule has 2 N–H and O–H groups in total. The summed E-state index contributed by atoms with van der Waals surface area (Å²) in [5.41, 5.74) is 8.38. The van der Waals surface area contributed by atoms with Crippen LogP contribution in [-0.4, -0.2) is 4.98 Å². The van der Waals surface area contributed by atoms with E-state index < -0.39 is 0 Å². The molecule has 0 aliphatic carbocycles. The van der Waals surface area contributed by atoms with Crippen LogP contribution in [0.3, 0.4) is 0 Å². The zero-order valence-corrected chi connectivity index (χ0v) is 13.1. The molecule has 21 heavy (non-hydrogen) atoms. The van der Waals surface area contributed by atoms with Crippen LogP contribution in [0.4, 0.5) is 0 Å². The summed E-state index contributed by atoms with van der Waals surface area (Å²) in [6, 6.07) is 15.0. The third-order valence-corrected chi connectivity index (χ3v) is 4.84. The molecule has 1 aromatic heterocycles. The Morgan fingerprint density at radius 2 is 1.90 bits per heavy atom. The summed E-state index contributed by atoms with van der Waals surface area (Å²) in [7, 11) is 0. The molecule has 108 valence electrons. The van der Waals surface area contributed by atoms with Crippen LogP contribution in [0.1, 0.15) is 34.5 Å². The number of aryl methyl sites for hydroxylation is 1. The van der Waals surface area contributed by atoms with Gasteiger partial charge in [-0.3, -0.25) is 0 Å². The van der Waals surface area contributed by atoms with E-state index >= 15 is 0 Å². The van der Waals surface area contributed by atoms with E-state index in [0.29, 0.717) is 6.54 Å². The fourth-order valence-corrected chi connectivity index (χ4v) is 3.73. The van der Waals surface area contributed by atoms with E-state index in [0.717, 1.165) is 19.3 Å². The Bertz CT molecular complexity index is 741. The highest BCUT2D eigenvalue weighted by molar-refractivity contribution is 7.11. The lowest BCUT2D eigenvalue weighted by atomic mass is 10.0. The van der Waals surface area contributed by atoms with E-state index in [-0.39, 0.29) is 0 Å². The van der Waals surface area contributed by atoms with E-state index in [2.05, 4.69) is 49.4 Å². The third kappa shape index (κ3) is 2.99. The van der Waals surface area contributed by atoms with Crippen molar-refractivity contribution in [2.75, 3.05) is 0 Å². The Balaban J connectivity index is 1.95. The summed E-state index contributed by atoms with van der Waals surface area (Å²) in [6.07, 6.45) is 3.03. The number of hydrogen-bond donors (Lipinski definition) is 1. The molecule has 0 spiro atoms. The lowest BCUT2D eigenvalue weighted by Gasteiger charge is -2.04. The first-order chi connectivity index (χ1) is 10.3. The molecule has 0 amide bonds. The van der Waals surface area contributed by atoms with Gasteiger partial charge in [-0.15, -0.1) is 11.3 Å². The zero-order valence-electron chi connectivity index (χ0n) is 12.3. The number of aromatic nitrogens is 1. The van der Waals surface area contributed by atoms with Crippen LogP contribution in [0.25, 0.3) is 10.8 Å². The van der Waals surface area contributed by atoms with E-state index in [1.54, 1.807) is 11.3 Å². The Morgan fingerprint density at radius 1 is 1.10 bits per heavy atom. The molecule has 0 radical (unpaired) electrons. The number of hydrogen-bond acceptors (Lipinski definition) is 3. The molecule has 3 rings (SSSR count). The van der Waals surface area contributed by atoms with Crippen LogP contribution in [0, 0.1) is 0 Å². The molecule has 3 aromatic rings. The summed E-state index contributed by atoms with van der Waals surface area (Å²) in [4.78, 5) is 6.05. The molecule has 0 fully saturated rings. The van der Waals surface area contributed by atoms with Gasteiger partial charge in [-0.25, -0.2) is 4.98 Å². The average Bonchev–Trinajstić information content (AvgIpc) is 2.90. The Hall–Kier alpha value is -1.71. The van der Waals surface area contributed by atoms with Crippen molar-refractivity contribution in [3.63, 3.8) is 0 Å². The average molecular weight is 296 g/mol. The monoisotopic (exact) mass is 296 g/mol. The van der Waals surface area contributed by atoms with Crippen molar-refractivity contribution in [3.05, 3.63) is 63.6 Å². The molecule has 0 bridgehead atoms. The van der Waals surface area contributed by atoms with Crippen LogP contribution < -0.4 is 5.73 Å². The second-order valence-corrected chi connectivity index (χ2v) is 6.41. The lowest BCUT2D eigenvalue weighted by Crippen LogP contribution is -1.98. The van der Waals surface area contributed by atoms with E-state index in [9.17, 15) is 0 Å². The summed E-state index contributed by atoms with van der Waals surface area (Å²) >= 11 is 1.77. The normalized spacial score (nSPS) is 11.1. The van der Waals surface area contributed by atoms with Gasteiger partial charge < -0.3 is 5.73 Å². The van der Waals surface area contributed by atoms with Crippen LogP contribution in [0.2, 0.25) is 0 Å². The molecule has 0 unspecified atom stereocenters. The molecule has 2 nitrogen and oxygen atoms in total. The molecular weight excluding hydrogens is 276 g/mol. The molecule has 0 saturated carbocycles. The predicted octanol–water partition coefficient (Wildman–Crippen LogP) is 4.30. The van der Waals surface area contributed by atoms with E-state index in [1.165, 1.54) is 31.9 Å². The number of nitrogens with zero attached hydrogens (tertiary/aromatic N) is 1. The second-order valence-electron chi connectivity index (χ2n) is 5.25. The maximum Gasteiger partial charge on any atom is 0.0975 e. The van der Waals surface area contributed by atoms with Crippen molar-refractivity contribution >= 4 is 22.1 Å². The molecule has 0 aliphatic rings. The van der Waals surface area contributed by atoms with Gasteiger partial charge in [0.25, 0.3) is 0 Å². The van der Waals surface area contributed by atoms with Gasteiger partial charge in [-0.1, -0.05) is 55.8 Å². The highest BCUT2D eigenvalue weighted by Gasteiger charge is 2.11. The number of nitrogens with two attached hydrogens (primary N) is 1. The summed E-state index contributed by atoms with van der Waals surface area (Å²) < 4.78 is 0.